The van der Waals surface area contributed by atoms with Crippen molar-refractivity contribution in [3.8, 4) is 0 Å². The quantitative estimate of drug-likeness (QED) is 0.603. The van der Waals surface area contributed by atoms with Crippen LogP contribution in [0.25, 0.3) is 0 Å². The fourth-order valence-corrected chi connectivity index (χ4v) is 4.15. The van der Waals surface area contributed by atoms with Crippen molar-refractivity contribution in [2.24, 2.45) is 5.92 Å². The molecule has 2 aromatic heterocycles. The van der Waals surface area contributed by atoms with Crippen LogP contribution in [0.4, 0.5) is 5.13 Å². The maximum Gasteiger partial charge on any atom is 0.267 e. The molecular weight excluding hydrogens is 427 g/mol. The maximum absolute atomic E-state index is 12.0. The highest BCUT2D eigenvalue weighted by Gasteiger charge is 2.14. The first-order valence-electron chi connectivity index (χ1n) is 8.47. The molecule has 6 nitrogen and oxygen atoms in total. The van der Waals surface area contributed by atoms with E-state index in [4.69, 9.17) is 0 Å². The third-order valence-electron chi connectivity index (χ3n) is 4.13. The average molecular weight is 451 g/mol. The number of nitrogens with zero attached hydrogens (tertiary/aromatic N) is 1. The van der Waals surface area contributed by atoms with Gasteiger partial charge in [0.25, 0.3) is 5.91 Å². The number of carbonyl (C=O) groups excluding carboxylic acids is 2. The lowest BCUT2D eigenvalue weighted by Gasteiger charge is -2.22. The fourth-order valence-electron chi connectivity index (χ4n) is 2.83. The van der Waals surface area contributed by atoms with E-state index < -0.39 is 0 Å². The molecule has 0 spiro atoms. The van der Waals surface area contributed by atoms with Gasteiger partial charge in [0, 0.05) is 11.9 Å². The molecule has 2 amide bonds. The van der Waals surface area contributed by atoms with Crippen LogP contribution in [0.5, 0.6) is 0 Å². The van der Waals surface area contributed by atoms with E-state index in [1.165, 1.54) is 35.5 Å². The number of hydrogen-bond acceptors (Lipinski definition) is 6. The number of rotatable bonds is 7. The number of carbonyl (C=O) groups is 2. The van der Waals surface area contributed by atoms with Gasteiger partial charge in [-0.15, -0.1) is 47.5 Å². The van der Waals surface area contributed by atoms with Crippen molar-refractivity contribution in [3.05, 3.63) is 33.5 Å². The van der Waals surface area contributed by atoms with Crippen LogP contribution >= 0.6 is 47.5 Å². The SMILES string of the molecule is Cl.Cl.O=C(Cc1csc(NC(=O)c2cccs2)n1)NCCC1CCCNC1. The second-order valence-electron chi connectivity index (χ2n) is 6.10. The van der Waals surface area contributed by atoms with Crippen molar-refractivity contribution in [2.45, 2.75) is 25.7 Å². The van der Waals surface area contributed by atoms with E-state index in [2.05, 4.69) is 20.9 Å². The minimum absolute atomic E-state index is 0. The van der Waals surface area contributed by atoms with Crippen LogP contribution in [0.2, 0.25) is 0 Å². The summed E-state index contributed by atoms with van der Waals surface area (Å²) in [6.45, 7) is 2.87. The highest BCUT2D eigenvalue weighted by atomic mass is 35.5. The van der Waals surface area contributed by atoms with Gasteiger partial charge in [0.05, 0.1) is 17.0 Å². The van der Waals surface area contributed by atoms with Crippen LogP contribution in [0.3, 0.4) is 0 Å². The van der Waals surface area contributed by atoms with Crippen LogP contribution in [0.15, 0.2) is 22.9 Å². The molecule has 10 heteroatoms. The Labute approximate surface area is 179 Å². The number of thiophene rings is 1. The van der Waals surface area contributed by atoms with E-state index in [0.717, 1.165) is 19.5 Å². The standard InChI is InChI=1S/C17H22N4O2S2.2ClH/c22-15(19-7-5-12-3-1-6-18-10-12)9-13-11-25-17(20-13)21-16(23)14-4-2-8-24-14;;/h2,4,8,11-12,18H,1,3,5-7,9-10H2,(H,19,22)(H,20,21,23);2*1H. The molecule has 0 saturated carbocycles. The molecule has 3 rings (SSSR count). The third-order valence-corrected chi connectivity index (χ3v) is 5.81. The molecule has 0 bridgehead atoms. The lowest BCUT2D eigenvalue weighted by atomic mass is 9.96. The van der Waals surface area contributed by atoms with E-state index in [-0.39, 0.29) is 43.0 Å². The zero-order valence-corrected chi connectivity index (χ0v) is 18.0. The monoisotopic (exact) mass is 450 g/mol. The Hall–Kier alpha value is -1.19. The molecule has 3 N–H and O–H groups in total. The summed E-state index contributed by atoms with van der Waals surface area (Å²) in [5.41, 5.74) is 0.684. The normalized spacial score (nSPS) is 15.9. The molecule has 2 aromatic rings. The topological polar surface area (TPSA) is 83.1 Å². The second kappa shape index (κ2) is 12.3. The van der Waals surface area contributed by atoms with E-state index in [0.29, 0.717) is 28.2 Å². The first kappa shape index (κ1) is 23.8. The molecule has 27 heavy (non-hydrogen) atoms. The number of nitrogens with one attached hydrogen (secondary N) is 3. The zero-order chi connectivity index (χ0) is 17.5. The Bertz CT molecular complexity index is 704. The largest absolute Gasteiger partial charge is 0.356 e. The summed E-state index contributed by atoms with van der Waals surface area (Å²) in [6, 6.07) is 3.60. The number of amides is 2. The fraction of sp³-hybridized carbons (Fsp3) is 0.471. The maximum atomic E-state index is 12.0. The number of thiazole rings is 1. The molecule has 1 saturated heterocycles. The molecule has 3 heterocycles. The Morgan fingerprint density at radius 1 is 1.30 bits per heavy atom. The van der Waals surface area contributed by atoms with Crippen LogP contribution < -0.4 is 16.0 Å². The summed E-state index contributed by atoms with van der Waals surface area (Å²) in [4.78, 5) is 29.0. The third kappa shape index (κ3) is 7.75. The Morgan fingerprint density at radius 3 is 2.85 bits per heavy atom. The Kier molecular flexibility index (Phi) is 10.9. The van der Waals surface area contributed by atoms with E-state index in [1.54, 1.807) is 6.07 Å². The molecule has 150 valence electrons. The molecule has 1 aliphatic heterocycles. The van der Waals surface area contributed by atoms with Gasteiger partial charge in [0.1, 0.15) is 0 Å². The van der Waals surface area contributed by atoms with Gasteiger partial charge in [-0.1, -0.05) is 6.07 Å². The summed E-state index contributed by atoms with van der Waals surface area (Å²) >= 11 is 2.72. The summed E-state index contributed by atoms with van der Waals surface area (Å²) in [5.74, 6) is 0.471. The van der Waals surface area contributed by atoms with Gasteiger partial charge >= 0.3 is 0 Å². The molecule has 1 fully saturated rings. The van der Waals surface area contributed by atoms with Gasteiger partial charge in [-0.05, 0) is 49.7 Å². The van der Waals surface area contributed by atoms with Gasteiger partial charge in [0.15, 0.2) is 5.13 Å². The van der Waals surface area contributed by atoms with Crippen LogP contribution in [0.1, 0.15) is 34.6 Å². The first-order valence-corrected chi connectivity index (χ1v) is 10.2. The van der Waals surface area contributed by atoms with Crippen molar-refractivity contribution in [2.75, 3.05) is 25.0 Å². The van der Waals surface area contributed by atoms with Crippen LogP contribution in [-0.4, -0.2) is 36.4 Å². The van der Waals surface area contributed by atoms with Gasteiger partial charge < -0.3 is 10.6 Å². The van der Waals surface area contributed by atoms with Crippen molar-refractivity contribution in [3.63, 3.8) is 0 Å². The number of aromatic nitrogens is 1. The van der Waals surface area contributed by atoms with Crippen molar-refractivity contribution in [1.29, 1.82) is 0 Å². The highest BCUT2D eigenvalue weighted by Crippen LogP contribution is 2.18. The molecule has 0 aliphatic carbocycles. The number of anilines is 1. The summed E-state index contributed by atoms with van der Waals surface area (Å²) in [5, 5.41) is 13.3. The van der Waals surface area contributed by atoms with Gasteiger partial charge in [-0.3, -0.25) is 14.9 Å². The van der Waals surface area contributed by atoms with Gasteiger partial charge in [-0.25, -0.2) is 4.98 Å². The van der Waals surface area contributed by atoms with Crippen molar-refractivity contribution >= 4 is 64.4 Å². The van der Waals surface area contributed by atoms with Gasteiger partial charge in [0.2, 0.25) is 5.91 Å². The highest BCUT2D eigenvalue weighted by molar-refractivity contribution is 7.14. The minimum Gasteiger partial charge on any atom is -0.356 e. The van der Waals surface area contributed by atoms with Crippen molar-refractivity contribution < 1.29 is 9.59 Å². The Morgan fingerprint density at radius 2 is 2.15 bits per heavy atom. The van der Waals surface area contributed by atoms with Crippen LogP contribution in [-0.2, 0) is 11.2 Å². The van der Waals surface area contributed by atoms with E-state index in [1.807, 2.05) is 16.8 Å². The summed E-state index contributed by atoms with van der Waals surface area (Å²) < 4.78 is 0. The predicted octanol–water partition coefficient (Wildman–Crippen LogP) is 3.35. The van der Waals surface area contributed by atoms with E-state index in [9.17, 15) is 9.59 Å². The number of halogens is 2. The lowest BCUT2D eigenvalue weighted by Crippen LogP contribution is -2.33. The molecular formula is C17H24Cl2N4O2S2. The summed E-state index contributed by atoms with van der Waals surface area (Å²) in [7, 11) is 0. The number of hydrogen-bond donors (Lipinski definition) is 3. The molecule has 1 unspecified atom stereocenters. The van der Waals surface area contributed by atoms with Gasteiger partial charge in [-0.2, -0.15) is 0 Å². The smallest absolute Gasteiger partial charge is 0.267 e. The molecule has 1 aliphatic rings. The minimum atomic E-state index is -0.165. The lowest BCUT2D eigenvalue weighted by molar-refractivity contribution is -0.120. The van der Waals surface area contributed by atoms with E-state index >= 15 is 0 Å². The molecule has 0 radical (unpaired) electrons. The Balaban J connectivity index is 0.00000182. The average Bonchev–Trinajstić information content (AvgIpc) is 3.28. The molecule has 0 aromatic carbocycles. The van der Waals surface area contributed by atoms with Crippen molar-refractivity contribution in [1.82, 2.24) is 15.6 Å². The molecule has 1 atom stereocenters. The number of piperidine rings is 1. The second-order valence-corrected chi connectivity index (χ2v) is 7.91. The first-order chi connectivity index (χ1) is 12.2. The summed E-state index contributed by atoms with van der Waals surface area (Å²) in [6.07, 6.45) is 3.71. The van der Waals surface area contributed by atoms with Crippen LogP contribution in [0, 0.1) is 5.92 Å². The predicted molar refractivity (Wildman–Crippen MR) is 116 cm³/mol. The zero-order valence-electron chi connectivity index (χ0n) is 14.7.